The van der Waals surface area contributed by atoms with Gasteiger partial charge < -0.3 is 4.57 Å². The highest BCUT2D eigenvalue weighted by molar-refractivity contribution is 5.81. The molecule has 0 unspecified atom stereocenters. The van der Waals surface area contributed by atoms with Gasteiger partial charge in [0.25, 0.3) is 11.5 Å². The van der Waals surface area contributed by atoms with Gasteiger partial charge in [-0.15, -0.1) is 0 Å². The summed E-state index contributed by atoms with van der Waals surface area (Å²) < 4.78 is 3.91. The number of fused-ring (bicyclic) bond motifs is 1. The molecule has 2 aromatic heterocycles. The van der Waals surface area contributed by atoms with Gasteiger partial charge in [0.1, 0.15) is 6.54 Å². The third kappa shape index (κ3) is 4.80. The molecule has 0 bridgehead atoms. The fourth-order valence-electron chi connectivity index (χ4n) is 3.60. The highest BCUT2D eigenvalue weighted by Crippen LogP contribution is 2.12. The number of benzene rings is 2. The van der Waals surface area contributed by atoms with E-state index in [4.69, 9.17) is 0 Å². The molecule has 0 aliphatic heterocycles. The Morgan fingerprint density at radius 1 is 0.824 bits per heavy atom. The zero-order chi connectivity index (χ0) is 24.1. The van der Waals surface area contributed by atoms with Crippen LogP contribution in [0.25, 0.3) is 11.2 Å². The standard InChI is InChI=1S/C24H24N6O4/c1-2-19(31)26-27-20(32)15-30-23(33)21-22(25-16-28(21)13-17-9-5-3-6-10-17)29(24(30)34)14-18-11-7-4-8-12-18/h3-12,16H,2,13-15H2,1H3,(H,26,31)(H,27,32). The van der Waals surface area contributed by atoms with Crippen molar-refractivity contribution in [2.24, 2.45) is 0 Å². The van der Waals surface area contributed by atoms with Gasteiger partial charge in [0.05, 0.1) is 12.9 Å². The summed E-state index contributed by atoms with van der Waals surface area (Å²) in [5.74, 6) is -1.08. The second kappa shape index (κ2) is 9.99. The lowest BCUT2D eigenvalue weighted by Gasteiger charge is -2.13. The Morgan fingerprint density at radius 3 is 2.03 bits per heavy atom. The third-order valence-electron chi connectivity index (χ3n) is 5.33. The highest BCUT2D eigenvalue weighted by Gasteiger charge is 2.20. The molecule has 0 spiro atoms. The summed E-state index contributed by atoms with van der Waals surface area (Å²) >= 11 is 0. The van der Waals surface area contributed by atoms with Crippen LogP contribution >= 0.6 is 0 Å². The van der Waals surface area contributed by atoms with Crippen molar-refractivity contribution in [2.45, 2.75) is 33.0 Å². The summed E-state index contributed by atoms with van der Waals surface area (Å²) in [7, 11) is 0. The molecule has 10 heteroatoms. The van der Waals surface area contributed by atoms with Crippen molar-refractivity contribution < 1.29 is 9.59 Å². The normalized spacial score (nSPS) is 10.9. The van der Waals surface area contributed by atoms with Gasteiger partial charge in [0, 0.05) is 13.0 Å². The first-order chi connectivity index (χ1) is 16.5. The van der Waals surface area contributed by atoms with E-state index < -0.39 is 29.6 Å². The van der Waals surface area contributed by atoms with Crippen LogP contribution in [0, 0.1) is 0 Å². The van der Waals surface area contributed by atoms with E-state index in [-0.39, 0.29) is 24.1 Å². The van der Waals surface area contributed by atoms with E-state index >= 15 is 0 Å². The summed E-state index contributed by atoms with van der Waals surface area (Å²) in [5, 5.41) is 0. The number of carbonyl (C=O) groups is 2. The van der Waals surface area contributed by atoms with Crippen LogP contribution in [-0.4, -0.2) is 30.5 Å². The van der Waals surface area contributed by atoms with E-state index in [1.807, 2.05) is 60.7 Å². The Balaban J connectivity index is 1.80. The number of imidazole rings is 1. The summed E-state index contributed by atoms with van der Waals surface area (Å²) in [6, 6.07) is 18.8. The van der Waals surface area contributed by atoms with E-state index in [0.29, 0.717) is 6.54 Å². The number of rotatable bonds is 7. The number of amides is 2. The molecule has 0 radical (unpaired) electrons. The van der Waals surface area contributed by atoms with Crippen LogP contribution in [0.1, 0.15) is 24.5 Å². The third-order valence-corrected chi connectivity index (χ3v) is 5.33. The maximum Gasteiger partial charge on any atom is 0.333 e. The summed E-state index contributed by atoms with van der Waals surface area (Å²) in [6.07, 6.45) is 1.70. The van der Waals surface area contributed by atoms with Crippen molar-refractivity contribution in [3.8, 4) is 0 Å². The average molecular weight is 460 g/mol. The average Bonchev–Trinajstić information content (AvgIpc) is 3.27. The minimum absolute atomic E-state index is 0.174. The van der Waals surface area contributed by atoms with E-state index in [0.717, 1.165) is 15.7 Å². The van der Waals surface area contributed by atoms with Crippen molar-refractivity contribution in [2.75, 3.05) is 0 Å². The van der Waals surface area contributed by atoms with E-state index in [2.05, 4.69) is 15.8 Å². The van der Waals surface area contributed by atoms with E-state index in [1.54, 1.807) is 11.5 Å². The smallest absolute Gasteiger partial charge is 0.320 e. The van der Waals surface area contributed by atoms with Crippen LogP contribution < -0.4 is 22.1 Å². The van der Waals surface area contributed by atoms with Crippen molar-refractivity contribution in [3.05, 3.63) is 99.0 Å². The summed E-state index contributed by atoms with van der Waals surface area (Å²) in [6.45, 7) is 1.63. The molecule has 2 amide bonds. The predicted molar refractivity (Wildman–Crippen MR) is 126 cm³/mol. The first-order valence-electron chi connectivity index (χ1n) is 10.8. The van der Waals surface area contributed by atoms with E-state index in [9.17, 15) is 19.2 Å². The summed E-state index contributed by atoms with van der Waals surface area (Å²) in [5.41, 5.74) is 5.43. The molecule has 10 nitrogen and oxygen atoms in total. The predicted octanol–water partition coefficient (Wildman–Crippen LogP) is 1.01. The minimum atomic E-state index is -0.694. The molecular formula is C24H24N6O4. The quantitative estimate of drug-likeness (QED) is 0.399. The molecule has 4 aromatic rings. The second-order valence-corrected chi connectivity index (χ2v) is 7.73. The van der Waals surface area contributed by atoms with E-state index in [1.165, 1.54) is 10.9 Å². The Hall–Kier alpha value is -4.47. The molecule has 0 fully saturated rings. The van der Waals surface area contributed by atoms with Crippen LogP contribution in [0.2, 0.25) is 0 Å². The summed E-state index contributed by atoms with van der Waals surface area (Å²) in [4.78, 5) is 54.9. The number of aromatic nitrogens is 4. The lowest BCUT2D eigenvalue weighted by Crippen LogP contribution is -2.48. The molecule has 0 atom stereocenters. The Kier molecular flexibility index (Phi) is 6.67. The largest absolute Gasteiger partial charge is 0.333 e. The fraction of sp³-hybridized carbons (Fsp3) is 0.208. The van der Waals surface area contributed by atoms with Gasteiger partial charge in [-0.3, -0.25) is 29.8 Å². The Bertz CT molecular complexity index is 1440. The van der Waals surface area contributed by atoms with Crippen molar-refractivity contribution in [1.82, 2.24) is 29.5 Å². The maximum atomic E-state index is 13.4. The van der Waals surface area contributed by atoms with Crippen molar-refractivity contribution in [3.63, 3.8) is 0 Å². The number of carbonyl (C=O) groups excluding carboxylic acids is 2. The molecule has 0 aliphatic carbocycles. The molecule has 4 rings (SSSR count). The molecule has 0 saturated carbocycles. The topological polar surface area (TPSA) is 120 Å². The first-order valence-corrected chi connectivity index (χ1v) is 10.8. The van der Waals surface area contributed by atoms with Gasteiger partial charge in [0.2, 0.25) is 5.91 Å². The molecule has 2 heterocycles. The van der Waals surface area contributed by atoms with Crippen molar-refractivity contribution in [1.29, 1.82) is 0 Å². The molecule has 174 valence electrons. The second-order valence-electron chi connectivity index (χ2n) is 7.73. The van der Waals surface area contributed by atoms with Gasteiger partial charge in [0.15, 0.2) is 11.2 Å². The number of hydrogen-bond acceptors (Lipinski definition) is 5. The minimum Gasteiger partial charge on any atom is -0.320 e. The Labute approximate surface area is 194 Å². The van der Waals surface area contributed by atoms with Crippen LogP contribution in [0.5, 0.6) is 0 Å². The lowest BCUT2D eigenvalue weighted by molar-refractivity contribution is -0.129. The van der Waals surface area contributed by atoms with Gasteiger partial charge >= 0.3 is 5.69 Å². The number of hydrogen-bond donors (Lipinski definition) is 2. The SMILES string of the molecule is CCC(=O)NNC(=O)Cn1c(=O)c2c(ncn2Cc2ccccc2)n(Cc2ccccc2)c1=O. The molecule has 0 saturated heterocycles. The molecule has 2 N–H and O–H groups in total. The zero-order valence-electron chi connectivity index (χ0n) is 18.6. The van der Waals surface area contributed by atoms with Crippen LogP contribution in [0.15, 0.2) is 76.6 Å². The zero-order valence-corrected chi connectivity index (χ0v) is 18.6. The van der Waals surface area contributed by atoms with Crippen LogP contribution in [0.3, 0.4) is 0 Å². The molecule has 34 heavy (non-hydrogen) atoms. The van der Waals surface area contributed by atoms with Gasteiger partial charge in [-0.05, 0) is 11.1 Å². The maximum absolute atomic E-state index is 13.4. The lowest BCUT2D eigenvalue weighted by atomic mass is 10.2. The highest BCUT2D eigenvalue weighted by atomic mass is 16.2. The number of nitrogens with zero attached hydrogens (tertiary/aromatic N) is 4. The molecular weight excluding hydrogens is 436 g/mol. The van der Waals surface area contributed by atoms with Gasteiger partial charge in [-0.2, -0.15) is 0 Å². The Morgan fingerprint density at radius 2 is 1.41 bits per heavy atom. The van der Waals surface area contributed by atoms with Gasteiger partial charge in [-0.25, -0.2) is 14.3 Å². The van der Waals surface area contributed by atoms with Crippen molar-refractivity contribution >= 4 is 23.0 Å². The molecule has 2 aromatic carbocycles. The number of nitrogens with one attached hydrogen (secondary N) is 2. The first kappa shape index (κ1) is 22.7. The molecule has 0 aliphatic rings. The number of hydrazine groups is 1. The van der Waals surface area contributed by atoms with Crippen LogP contribution in [-0.2, 0) is 29.2 Å². The van der Waals surface area contributed by atoms with Gasteiger partial charge in [-0.1, -0.05) is 67.6 Å². The van der Waals surface area contributed by atoms with Crippen LogP contribution in [0.4, 0.5) is 0 Å². The fourth-order valence-corrected chi connectivity index (χ4v) is 3.60. The monoisotopic (exact) mass is 460 g/mol.